The van der Waals surface area contributed by atoms with E-state index in [4.69, 9.17) is 15.0 Å². The summed E-state index contributed by atoms with van der Waals surface area (Å²) in [5.41, 5.74) is 6.14. The van der Waals surface area contributed by atoms with Crippen LogP contribution in [0.4, 0.5) is 0 Å². The summed E-state index contributed by atoms with van der Waals surface area (Å²) >= 11 is 0. The number of aromatic nitrogens is 2. The van der Waals surface area contributed by atoms with Crippen molar-refractivity contribution < 1.29 is 9.26 Å². The zero-order valence-corrected chi connectivity index (χ0v) is 12.3. The standard InChI is InChI=1S/C15H25N3O2/c1-15(8-3-2-4-9-15)14-17-13(18-20-14)12(16)10-19-11-6-5-7-11/h11-12H,2-10,16H2,1H3. The molecule has 0 amide bonds. The maximum Gasteiger partial charge on any atom is 0.232 e. The van der Waals surface area contributed by atoms with Crippen LogP contribution in [-0.2, 0) is 10.2 Å². The fourth-order valence-electron chi connectivity index (χ4n) is 3.03. The van der Waals surface area contributed by atoms with Crippen molar-refractivity contribution in [2.45, 2.75) is 75.9 Å². The van der Waals surface area contributed by atoms with Crippen LogP contribution in [0.3, 0.4) is 0 Å². The van der Waals surface area contributed by atoms with E-state index in [1.165, 1.54) is 25.7 Å². The van der Waals surface area contributed by atoms with Crippen LogP contribution in [0.5, 0.6) is 0 Å². The van der Waals surface area contributed by atoms with Crippen molar-refractivity contribution in [2.24, 2.45) is 5.73 Å². The van der Waals surface area contributed by atoms with E-state index in [1.807, 2.05) is 0 Å². The molecule has 1 unspecified atom stereocenters. The highest BCUT2D eigenvalue weighted by Crippen LogP contribution is 2.38. The Hall–Kier alpha value is -0.940. The highest BCUT2D eigenvalue weighted by molar-refractivity contribution is 5.06. The van der Waals surface area contributed by atoms with Crippen LogP contribution in [-0.4, -0.2) is 22.9 Å². The smallest absolute Gasteiger partial charge is 0.232 e. The van der Waals surface area contributed by atoms with Gasteiger partial charge in [0.05, 0.1) is 18.8 Å². The molecule has 5 heteroatoms. The van der Waals surface area contributed by atoms with Crippen molar-refractivity contribution in [2.75, 3.05) is 6.61 Å². The van der Waals surface area contributed by atoms with Gasteiger partial charge in [0.2, 0.25) is 5.89 Å². The van der Waals surface area contributed by atoms with Crippen LogP contribution in [0, 0.1) is 0 Å². The minimum absolute atomic E-state index is 0.0397. The maximum absolute atomic E-state index is 6.10. The van der Waals surface area contributed by atoms with Crippen molar-refractivity contribution in [1.29, 1.82) is 0 Å². The summed E-state index contributed by atoms with van der Waals surface area (Å²) < 4.78 is 11.2. The fourth-order valence-corrected chi connectivity index (χ4v) is 3.03. The van der Waals surface area contributed by atoms with E-state index in [-0.39, 0.29) is 11.5 Å². The summed E-state index contributed by atoms with van der Waals surface area (Å²) in [5.74, 6) is 1.34. The Morgan fingerprint density at radius 3 is 2.70 bits per heavy atom. The van der Waals surface area contributed by atoms with Crippen LogP contribution < -0.4 is 5.73 Å². The molecule has 0 aromatic carbocycles. The highest BCUT2D eigenvalue weighted by Gasteiger charge is 2.35. The number of rotatable bonds is 5. The Balaban J connectivity index is 1.60. The minimum Gasteiger partial charge on any atom is -0.376 e. The zero-order valence-electron chi connectivity index (χ0n) is 12.3. The largest absolute Gasteiger partial charge is 0.376 e. The molecule has 0 saturated heterocycles. The molecule has 1 atom stereocenters. The van der Waals surface area contributed by atoms with Crippen LogP contribution >= 0.6 is 0 Å². The molecule has 1 aromatic rings. The van der Waals surface area contributed by atoms with Gasteiger partial charge in [0.25, 0.3) is 0 Å². The van der Waals surface area contributed by atoms with Gasteiger partial charge in [-0.05, 0) is 32.1 Å². The Bertz CT molecular complexity index is 436. The molecule has 1 heterocycles. The lowest BCUT2D eigenvalue weighted by Gasteiger charge is -2.29. The molecule has 20 heavy (non-hydrogen) atoms. The lowest BCUT2D eigenvalue weighted by Crippen LogP contribution is -2.28. The molecule has 2 N–H and O–H groups in total. The molecule has 3 rings (SSSR count). The molecule has 0 spiro atoms. The van der Waals surface area contributed by atoms with Crippen LogP contribution in [0.15, 0.2) is 4.52 Å². The second kappa shape index (κ2) is 5.82. The normalized spacial score (nSPS) is 24.3. The third-order valence-electron chi connectivity index (χ3n) is 4.81. The van der Waals surface area contributed by atoms with Gasteiger partial charge in [-0.1, -0.05) is 31.3 Å². The summed E-state index contributed by atoms with van der Waals surface area (Å²) in [4.78, 5) is 4.54. The van der Waals surface area contributed by atoms with Gasteiger partial charge in [-0.3, -0.25) is 0 Å². The second-order valence-electron chi connectivity index (χ2n) is 6.57. The quantitative estimate of drug-likeness (QED) is 0.897. The van der Waals surface area contributed by atoms with Crippen molar-refractivity contribution >= 4 is 0 Å². The SMILES string of the molecule is CC1(c2nc(C(N)COC3CCC3)no2)CCCCC1. The molecular weight excluding hydrogens is 254 g/mol. The monoisotopic (exact) mass is 279 g/mol. The molecule has 0 aliphatic heterocycles. The highest BCUT2D eigenvalue weighted by atomic mass is 16.5. The van der Waals surface area contributed by atoms with E-state index in [2.05, 4.69) is 17.1 Å². The van der Waals surface area contributed by atoms with E-state index in [0.717, 1.165) is 31.6 Å². The van der Waals surface area contributed by atoms with E-state index < -0.39 is 0 Å². The van der Waals surface area contributed by atoms with Gasteiger partial charge >= 0.3 is 0 Å². The number of hydrogen-bond donors (Lipinski definition) is 1. The summed E-state index contributed by atoms with van der Waals surface area (Å²) in [7, 11) is 0. The first kappa shape index (κ1) is 14.0. The van der Waals surface area contributed by atoms with E-state index in [1.54, 1.807) is 0 Å². The fraction of sp³-hybridized carbons (Fsp3) is 0.867. The van der Waals surface area contributed by atoms with Gasteiger partial charge < -0.3 is 15.0 Å². The molecule has 2 aliphatic rings. The van der Waals surface area contributed by atoms with Gasteiger partial charge in [0.15, 0.2) is 5.82 Å². The summed E-state index contributed by atoms with van der Waals surface area (Å²) in [6.45, 7) is 2.71. The van der Waals surface area contributed by atoms with Gasteiger partial charge in [0, 0.05) is 5.41 Å². The summed E-state index contributed by atoms with van der Waals surface area (Å²) in [6, 6.07) is -0.278. The van der Waals surface area contributed by atoms with Gasteiger partial charge in [-0.15, -0.1) is 0 Å². The summed E-state index contributed by atoms with van der Waals surface area (Å²) in [5, 5.41) is 4.07. The molecular formula is C15H25N3O2. The Morgan fingerprint density at radius 2 is 2.05 bits per heavy atom. The van der Waals surface area contributed by atoms with E-state index in [0.29, 0.717) is 18.5 Å². The third kappa shape index (κ3) is 2.88. The molecule has 0 bridgehead atoms. The Kier molecular flexibility index (Phi) is 4.08. The molecule has 1 aromatic heterocycles. The van der Waals surface area contributed by atoms with Gasteiger partial charge in [-0.25, -0.2) is 0 Å². The molecule has 2 fully saturated rings. The first-order valence-electron chi connectivity index (χ1n) is 7.89. The third-order valence-corrected chi connectivity index (χ3v) is 4.81. The van der Waals surface area contributed by atoms with Crippen molar-refractivity contribution in [3.8, 4) is 0 Å². The van der Waals surface area contributed by atoms with E-state index >= 15 is 0 Å². The molecule has 0 radical (unpaired) electrons. The Morgan fingerprint density at radius 1 is 1.30 bits per heavy atom. The van der Waals surface area contributed by atoms with Crippen LogP contribution in [0.25, 0.3) is 0 Å². The average Bonchev–Trinajstić information content (AvgIpc) is 2.88. The second-order valence-corrected chi connectivity index (χ2v) is 6.57. The lowest BCUT2D eigenvalue weighted by molar-refractivity contribution is -0.00549. The molecule has 112 valence electrons. The number of hydrogen-bond acceptors (Lipinski definition) is 5. The lowest BCUT2D eigenvalue weighted by atomic mass is 9.75. The molecule has 5 nitrogen and oxygen atoms in total. The van der Waals surface area contributed by atoms with Crippen molar-refractivity contribution in [3.63, 3.8) is 0 Å². The zero-order chi connectivity index (χ0) is 14.0. The first-order valence-corrected chi connectivity index (χ1v) is 7.89. The number of ether oxygens (including phenoxy) is 1. The Labute approximate surface area is 120 Å². The van der Waals surface area contributed by atoms with Crippen LogP contribution in [0.1, 0.15) is 76.0 Å². The molecule has 2 aliphatic carbocycles. The van der Waals surface area contributed by atoms with Crippen molar-refractivity contribution in [1.82, 2.24) is 10.1 Å². The maximum atomic E-state index is 6.10. The van der Waals surface area contributed by atoms with Gasteiger partial charge in [-0.2, -0.15) is 4.98 Å². The van der Waals surface area contributed by atoms with Gasteiger partial charge in [0.1, 0.15) is 0 Å². The predicted octanol–water partition coefficient (Wildman–Crippen LogP) is 2.86. The van der Waals surface area contributed by atoms with Crippen molar-refractivity contribution in [3.05, 3.63) is 11.7 Å². The topological polar surface area (TPSA) is 74.2 Å². The predicted molar refractivity (Wildman–Crippen MR) is 75.3 cm³/mol. The summed E-state index contributed by atoms with van der Waals surface area (Å²) in [6.07, 6.45) is 10.0. The first-order chi connectivity index (χ1) is 9.67. The number of nitrogens with zero attached hydrogens (tertiary/aromatic N) is 2. The van der Waals surface area contributed by atoms with E-state index in [9.17, 15) is 0 Å². The molecule has 2 saturated carbocycles. The minimum atomic E-state index is -0.278. The number of nitrogens with two attached hydrogens (primary N) is 1. The van der Waals surface area contributed by atoms with Crippen LogP contribution in [0.2, 0.25) is 0 Å². The average molecular weight is 279 g/mol.